The highest BCUT2D eigenvalue weighted by Gasteiger charge is 2.48. The Labute approximate surface area is 201 Å². The van der Waals surface area contributed by atoms with E-state index in [2.05, 4.69) is 0 Å². The van der Waals surface area contributed by atoms with Gasteiger partial charge in [0.15, 0.2) is 0 Å². The summed E-state index contributed by atoms with van der Waals surface area (Å²) in [4.78, 5) is 28.7. The zero-order chi connectivity index (χ0) is 23.9. The van der Waals surface area contributed by atoms with Gasteiger partial charge in [-0.05, 0) is 77.9 Å². The van der Waals surface area contributed by atoms with Gasteiger partial charge in [0.1, 0.15) is 17.6 Å². The number of amides is 1. The van der Waals surface area contributed by atoms with Crippen LogP contribution in [0.4, 0.5) is 5.69 Å². The summed E-state index contributed by atoms with van der Waals surface area (Å²) >= 11 is 7.49. The summed E-state index contributed by atoms with van der Waals surface area (Å²) < 4.78 is 5.45. The van der Waals surface area contributed by atoms with Crippen LogP contribution in [0.3, 0.4) is 0 Å². The molecule has 5 nitrogen and oxygen atoms in total. The minimum absolute atomic E-state index is 0.0698. The molecular formula is C26H24ClNO4S. The van der Waals surface area contributed by atoms with Gasteiger partial charge in [-0.3, -0.25) is 14.5 Å². The number of aliphatic hydroxyl groups excluding tert-OH is 1. The van der Waals surface area contributed by atoms with Crippen LogP contribution in [0.1, 0.15) is 47.4 Å². The average molecular weight is 482 g/mol. The smallest absolute Gasteiger partial charge is 0.300 e. The Kier molecular flexibility index (Phi) is 6.32. The van der Waals surface area contributed by atoms with Gasteiger partial charge in [-0.15, -0.1) is 11.3 Å². The van der Waals surface area contributed by atoms with Crippen LogP contribution in [0.15, 0.2) is 59.5 Å². The first-order chi connectivity index (χ1) is 15.7. The number of anilines is 1. The van der Waals surface area contributed by atoms with Crippen molar-refractivity contribution in [2.24, 2.45) is 0 Å². The van der Waals surface area contributed by atoms with E-state index in [0.717, 1.165) is 16.0 Å². The second-order valence-corrected chi connectivity index (χ2v) is 9.61. The molecule has 1 atom stereocenters. The van der Waals surface area contributed by atoms with Gasteiger partial charge in [-0.25, -0.2) is 0 Å². The lowest BCUT2D eigenvalue weighted by atomic mass is 9.94. The van der Waals surface area contributed by atoms with Crippen molar-refractivity contribution in [1.29, 1.82) is 0 Å². The minimum Gasteiger partial charge on any atom is -0.507 e. The van der Waals surface area contributed by atoms with Crippen LogP contribution in [-0.2, 0) is 9.59 Å². The Morgan fingerprint density at radius 1 is 1.12 bits per heavy atom. The summed E-state index contributed by atoms with van der Waals surface area (Å²) in [7, 11) is 1.60. The Morgan fingerprint density at radius 2 is 1.82 bits per heavy atom. The number of halogens is 1. The Hall–Kier alpha value is -3.09. The summed E-state index contributed by atoms with van der Waals surface area (Å²) in [5, 5.41) is 13.8. The van der Waals surface area contributed by atoms with E-state index in [-0.39, 0.29) is 17.3 Å². The predicted molar refractivity (Wildman–Crippen MR) is 132 cm³/mol. The molecule has 0 saturated carbocycles. The zero-order valence-electron chi connectivity index (χ0n) is 18.8. The maximum atomic E-state index is 13.3. The molecule has 1 aromatic heterocycles. The molecular weight excluding hydrogens is 458 g/mol. The molecule has 1 aliphatic rings. The highest BCUT2D eigenvalue weighted by atomic mass is 35.5. The van der Waals surface area contributed by atoms with Crippen molar-refractivity contribution < 1.29 is 19.4 Å². The van der Waals surface area contributed by atoms with E-state index in [0.29, 0.717) is 22.0 Å². The van der Waals surface area contributed by atoms with Gasteiger partial charge in [0, 0.05) is 21.2 Å². The number of ketones is 1. The van der Waals surface area contributed by atoms with Gasteiger partial charge < -0.3 is 9.84 Å². The molecule has 0 radical (unpaired) electrons. The fourth-order valence-corrected chi connectivity index (χ4v) is 5.25. The SMILES string of the molecule is COc1ccc(/C(O)=C2/C(=O)C(=O)N(c3ccc(Cl)cc3)C2c2sccc2C)cc1C(C)C. The number of hydrogen-bond acceptors (Lipinski definition) is 5. The molecule has 2 aromatic carbocycles. The summed E-state index contributed by atoms with van der Waals surface area (Å²) in [6.45, 7) is 5.98. The number of carbonyl (C=O) groups is 2. The van der Waals surface area contributed by atoms with Gasteiger partial charge in [-0.1, -0.05) is 25.4 Å². The molecule has 33 heavy (non-hydrogen) atoms. The Bertz CT molecular complexity index is 1260. The number of nitrogens with zero attached hydrogens (tertiary/aromatic N) is 1. The van der Waals surface area contributed by atoms with Gasteiger partial charge in [-0.2, -0.15) is 0 Å². The normalized spacial score (nSPS) is 17.8. The number of rotatable bonds is 5. The van der Waals surface area contributed by atoms with Crippen LogP contribution in [0.25, 0.3) is 5.76 Å². The molecule has 0 spiro atoms. The van der Waals surface area contributed by atoms with Crippen molar-refractivity contribution in [3.63, 3.8) is 0 Å². The number of hydrogen-bond donors (Lipinski definition) is 1. The second-order valence-electron chi connectivity index (χ2n) is 8.22. The first-order valence-electron chi connectivity index (χ1n) is 10.5. The maximum absolute atomic E-state index is 13.3. The van der Waals surface area contributed by atoms with E-state index < -0.39 is 17.7 Å². The van der Waals surface area contributed by atoms with Crippen molar-refractivity contribution in [3.05, 3.63) is 86.1 Å². The van der Waals surface area contributed by atoms with Crippen molar-refractivity contribution in [3.8, 4) is 5.75 Å². The van der Waals surface area contributed by atoms with Crippen LogP contribution in [0.5, 0.6) is 5.75 Å². The van der Waals surface area contributed by atoms with Crippen molar-refractivity contribution in [1.82, 2.24) is 0 Å². The highest BCUT2D eigenvalue weighted by Crippen LogP contribution is 2.45. The Balaban J connectivity index is 1.94. The first-order valence-corrected chi connectivity index (χ1v) is 11.8. The standard InChI is InChI=1S/C26H24ClNO4S/c1-14(2)19-13-16(5-10-20(19)32-4)23(29)21-22(25-15(3)11-12-33-25)28(26(31)24(21)30)18-8-6-17(27)7-9-18/h5-14,22,29H,1-4H3/b23-21-. The molecule has 170 valence electrons. The summed E-state index contributed by atoms with van der Waals surface area (Å²) in [5.41, 5.74) is 2.91. The first kappa shape index (κ1) is 23.1. The lowest BCUT2D eigenvalue weighted by Gasteiger charge is -2.25. The van der Waals surface area contributed by atoms with E-state index in [1.165, 1.54) is 16.2 Å². The number of methoxy groups -OCH3 is 1. The Morgan fingerprint density at radius 3 is 2.39 bits per heavy atom. The van der Waals surface area contributed by atoms with Crippen molar-refractivity contribution in [2.45, 2.75) is 32.7 Å². The lowest BCUT2D eigenvalue weighted by Crippen LogP contribution is -2.29. The number of carbonyl (C=O) groups excluding carboxylic acids is 2. The number of thiophene rings is 1. The number of Topliss-reactive ketones (excluding diaryl/α,β-unsaturated/α-hetero) is 1. The minimum atomic E-state index is -0.740. The zero-order valence-corrected chi connectivity index (χ0v) is 20.3. The molecule has 0 bridgehead atoms. The van der Waals surface area contributed by atoms with Gasteiger partial charge >= 0.3 is 0 Å². The van der Waals surface area contributed by atoms with E-state index in [1.807, 2.05) is 38.3 Å². The van der Waals surface area contributed by atoms with Crippen molar-refractivity contribution >= 4 is 46.1 Å². The van der Waals surface area contributed by atoms with Gasteiger partial charge in [0.05, 0.1) is 12.7 Å². The fourth-order valence-electron chi connectivity index (χ4n) is 4.10. The summed E-state index contributed by atoms with van der Waals surface area (Å²) in [6.07, 6.45) is 0. The van der Waals surface area contributed by atoms with E-state index in [1.54, 1.807) is 43.5 Å². The average Bonchev–Trinajstić information content (AvgIpc) is 3.33. The molecule has 3 aromatic rings. The molecule has 1 fully saturated rings. The summed E-state index contributed by atoms with van der Waals surface area (Å²) in [5.74, 6) is -0.767. The van der Waals surface area contributed by atoms with Crippen LogP contribution in [0.2, 0.25) is 5.02 Å². The topological polar surface area (TPSA) is 66.8 Å². The third-order valence-electron chi connectivity index (χ3n) is 5.82. The molecule has 0 aliphatic carbocycles. The van der Waals surface area contributed by atoms with Crippen LogP contribution in [-0.4, -0.2) is 23.9 Å². The molecule has 4 rings (SSSR count). The predicted octanol–water partition coefficient (Wildman–Crippen LogP) is 6.47. The number of aliphatic hydroxyl groups is 1. The van der Waals surface area contributed by atoms with Crippen LogP contribution < -0.4 is 9.64 Å². The quantitative estimate of drug-likeness (QED) is 0.257. The number of ether oxygens (including phenoxy) is 1. The van der Waals surface area contributed by atoms with Crippen molar-refractivity contribution in [2.75, 3.05) is 12.0 Å². The lowest BCUT2D eigenvalue weighted by molar-refractivity contribution is -0.132. The third-order valence-corrected chi connectivity index (χ3v) is 7.15. The van der Waals surface area contributed by atoms with E-state index in [9.17, 15) is 14.7 Å². The summed E-state index contributed by atoms with van der Waals surface area (Å²) in [6, 6.07) is 13.2. The highest BCUT2D eigenvalue weighted by molar-refractivity contribution is 7.10. The fraction of sp³-hybridized carbons (Fsp3) is 0.231. The number of aryl methyl sites for hydroxylation is 1. The molecule has 2 heterocycles. The largest absolute Gasteiger partial charge is 0.507 e. The molecule has 1 saturated heterocycles. The van der Waals surface area contributed by atoms with Crippen LogP contribution >= 0.6 is 22.9 Å². The third kappa shape index (κ3) is 4.05. The molecule has 1 amide bonds. The van der Waals surface area contributed by atoms with Gasteiger partial charge in [0.25, 0.3) is 11.7 Å². The molecule has 1 unspecified atom stereocenters. The maximum Gasteiger partial charge on any atom is 0.300 e. The van der Waals surface area contributed by atoms with Gasteiger partial charge in [0.2, 0.25) is 0 Å². The molecule has 1 aliphatic heterocycles. The second kappa shape index (κ2) is 9.04. The van der Waals surface area contributed by atoms with Crippen LogP contribution in [0, 0.1) is 6.92 Å². The van der Waals surface area contributed by atoms with E-state index >= 15 is 0 Å². The molecule has 1 N–H and O–H groups in total. The van der Waals surface area contributed by atoms with E-state index in [4.69, 9.17) is 16.3 Å². The monoisotopic (exact) mass is 481 g/mol. The molecule has 7 heteroatoms. The number of benzene rings is 2.